The maximum atomic E-state index is 12.3. The Morgan fingerprint density at radius 3 is 2.66 bits per heavy atom. The Bertz CT molecular complexity index is 804. The van der Waals surface area contributed by atoms with Gasteiger partial charge in [-0.3, -0.25) is 14.3 Å². The van der Waals surface area contributed by atoms with Gasteiger partial charge >= 0.3 is 0 Å². The monoisotopic (exact) mass is 398 g/mol. The summed E-state index contributed by atoms with van der Waals surface area (Å²) >= 11 is 0. The zero-order valence-electron chi connectivity index (χ0n) is 17.5. The Kier molecular flexibility index (Phi) is 7.04. The minimum Gasteiger partial charge on any atom is -0.373 e. The number of rotatable bonds is 7. The van der Waals surface area contributed by atoms with Crippen LogP contribution in [0.1, 0.15) is 43.9 Å². The van der Waals surface area contributed by atoms with E-state index in [1.54, 1.807) is 42.0 Å². The molecule has 1 aliphatic rings. The van der Waals surface area contributed by atoms with Crippen molar-refractivity contribution in [3.8, 4) is 0 Å². The number of hydrogen-bond acceptors (Lipinski definition) is 4. The lowest BCUT2D eigenvalue weighted by Crippen LogP contribution is -2.42. The number of nitrogens with zero attached hydrogens (tertiary/aromatic N) is 4. The highest BCUT2D eigenvalue weighted by molar-refractivity contribution is 5.75. The number of benzene rings is 1. The van der Waals surface area contributed by atoms with Crippen molar-refractivity contribution in [1.29, 1.82) is 0 Å². The van der Waals surface area contributed by atoms with Crippen LogP contribution in [-0.4, -0.2) is 57.6 Å². The molecule has 0 aliphatic carbocycles. The van der Waals surface area contributed by atoms with Gasteiger partial charge in [0.15, 0.2) is 0 Å². The molecule has 1 aliphatic heterocycles. The fourth-order valence-electron chi connectivity index (χ4n) is 3.89. The summed E-state index contributed by atoms with van der Waals surface area (Å²) in [6.07, 6.45) is 5.14. The van der Waals surface area contributed by atoms with Crippen molar-refractivity contribution in [2.24, 2.45) is 0 Å². The SMILES string of the molecule is CCN(C(C)=O)[C@@H]1CCO[C@H](c2ccc(CN(C)C(=O)Cn3cccn3)cc2)C1. The summed E-state index contributed by atoms with van der Waals surface area (Å²) in [6.45, 7) is 5.82. The van der Waals surface area contributed by atoms with Crippen LogP contribution < -0.4 is 0 Å². The quantitative estimate of drug-likeness (QED) is 0.719. The largest absolute Gasteiger partial charge is 0.373 e. The van der Waals surface area contributed by atoms with E-state index >= 15 is 0 Å². The lowest BCUT2D eigenvalue weighted by Gasteiger charge is -2.36. The Hall–Kier alpha value is -2.67. The lowest BCUT2D eigenvalue weighted by molar-refractivity contribution is -0.134. The predicted molar refractivity (Wildman–Crippen MR) is 110 cm³/mol. The standard InChI is InChI=1S/C22H30N4O3/c1-4-26(17(2)27)20-10-13-29-21(14-20)19-8-6-18(7-9-19)15-24(3)22(28)16-25-12-5-11-23-25/h5-9,11-12,20-21H,4,10,13-16H2,1-3H3/t20-,21+/m1/s1. The first-order chi connectivity index (χ1) is 14.0. The molecule has 2 heterocycles. The molecule has 7 heteroatoms. The van der Waals surface area contributed by atoms with E-state index in [4.69, 9.17) is 4.74 Å². The van der Waals surface area contributed by atoms with Crippen LogP contribution in [0.2, 0.25) is 0 Å². The molecular weight excluding hydrogens is 368 g/mol. The molecule has 0 spiro atoms. The van der Waals surface area contributed by atoms with Crippen molar-refractivity contribution in [2.75, 3.05) is 20.2 Å². The van der Waals surface area contributed by atoms with E-state index < -0.39 is 0 Å². The van der Waals surface area contributed by atoms with Crippen molar-refractivity contribution in [2.45, 2.75) is 51.9 Å². The Labute approximate surface area is 172 Å². The van der Waals surface area contributed by atoms with Crippen LogP contribution in [0, 0.1) is 0 Å². The molecule has 2 atom stereocenters. The summed E-state index contributed by atoms with van der Waals surface area (Å²) in [5.41, 5.74) is 2.18. The van der Waals surface area contributed by atoms with Crippen molar-refractivity contribution in [3.05, 3.63) is 53.9 Å². The average Bonchev–Trinajstić information content (AvgIpc) is 3.22. The second kappa shape index (κ2) is 9.69. The minimum atomic E-state index is -0.00428. The maximum absolute atomic E-state index is 12.3. The highest BCUT2D eigenvalue weighted by Gasteiger charge is 2.28. The summed E-state index contributed by atoms with van der Waals surface area (Å²) in [6, 6.07) is 10.3. The van der Waals surface area contributed by atoms with Crippen molar-refractivity contribution in [1.82, 2.24) is 19.6 Å². The van der Waals surface area contributed by atoms with Gasteiger partial charge in [-0.2, -0.15) is 5.10 Å². The Morgan fingerprint density at radius 1 is 1.28 bits per heavy atom. The molecule has 2 amide bonds. The van der Waals surface area contributed by atoms with Gasteiger partial charge in [0.1, 0.15) is 6.54 Å². The second-order valence-electron chi connectivity index (χ2n) is 7.54. The molecule has 0 N–H and O–H groups in total. The van der Waals surface area contributed by atoms with Gasteiger partial charge in [0.2, 0.25) is 11.8 Å². The lowest BCUT2D eigenvalue weighted by atomic mass is 9.95. The number of hydrogen-bond donors (Lipinski definition) is 0. The summed E-state index contributed by atoms with van der Waals surface area (Å²) < 4.78 is 7.60. The van der Waals surface area contributed by atoms with E-state index in [-0.39, 0.29) is 30.5 Å². The molecular formula is C22H30N4O3. The summed E-state index contributed by atoms with van der Waals surface area (Å²) in [5, 5.41) is 4.08. The maximum Gasteiger partial charge on any atom is 0.244 e. The van der Waals surface area contributed by atoms with Gasteiger partial charge in [-0.05, 0) is 37.0 Å². The molecule has 156 valence electrons. The third kappa shape index (κ3) is 5.44. The van der Waals surface area contributed by atoms with Crippen molar-refractivity contribution >= 4 is 11.8 Å². The van der Waals surface area contributed by atoms with Gasteiger partial charge in [-0.15, -0.1) is 0 Å². The molecule has 1 aromatic heterocycles. The van der Waals surface area contributed by atoms with Gasteiger partial charge in [-0.1, -0.05) is 24.3 Å². The van der Waals surface area contributed by atoms with Crippen LogP contribution in [-0.2, 0) is 27.4 Å². The van der Waals surface area contributed by atoms with E-state index in [0.717, 1.165) is 30.5 Å². The second-order valence-corrected chi connectivity index (χ2v) is 7.54. The molecule has 1 fully saturated rings. The number of amides is 2. The molecule has 0 bridgehead atoms. The number of aromatic nitrogens is 2. The smallest absolute Gasteiger partial charge is 0.244 e. The highest BCUT2D eigenvalue weighted by atomic mass is 16.5. The molecule has 2 aromatic rings. The summed E-state index contributed by atoms with van der Waals surface area (Å²) in [5.74, 6) is 0.136. The first-order valence-electron chi connectivity index (χ1n) is 10.2. The molecule has 7 nitrogen and oxygen atoms in total. The minimum absolute atomic E-state index is 0.00428. The first kappa shape index (κ1) is 21.0. The number of carbonyl (C=O) groups is 2. The first-order valence-corrected chi connectivity index (χ1v) is 10.2. The zero-order valence-corrected chi connectivity index (χ0v) is 17.5. The van der Waals surface area contributed by atoms with Crippen LogP contribution in [0.4, 0.5) is 0 Å². The molecule has 1 saturated heterocycles. The molecule has 0 radical (unpaired) electrons. The fraction of sp³-hybridized carbons (Fsp3) is 0.500. The van der Waals surface area contributed by atoms with Gasteiger partial charge < -0.3 is 14.5 Å². The van der Waals surface area contributed by atoms with Crippen LogP contribution >= 0.6 is 0 Å². The number of ether oxygens (including phenoxy) is 1. The van der Waals surface area contributed by atoms with E-state index in [0.29, 0.717) is 13.2 Å². The van der Waals surface area contributed by atoms with Crippen molar-refractivity contribution < 1.29 is 14.3 Å². The molecule has 3 rings (SSSR count). The zero-order chi connectivity index (χ0) is 20.8. The fourth-order valence-corrected chi connectivity index (χ4v) is 3.89. The Morgan fingerprint density at radius 2 is 2.03 bits per heavy atom. The van der Waals surface area contributed by atoms with E-state index in [2.05, 4.69) is 17.2 Å². The number of carbonyl (C=O) groups excluding carboxylic acids is 2. The van der Waals surface area contributed by atoms with Gasteiger partial charge in [0, 0.05) is 52.1 Å². The van der Waals surface area contributed by atoms with Crippen LogP contribution in [0.25, 0.3) is 0 Å². The topological polar surface area (TPSA) is 67.7 Å². The highest BCUT2D eigenvalue weighted by Crippen LogP contribution is 2.31. The van der Waals surface area contributed by atoms with Crippen molar-refractivity contribution in [3.63, 3.8) is 0 Å². The molecule has 1 aromatic carbocycles. The van der Waals surface area contributed by atoms with Crippen LogP contribution in [0.5, 0.6) is 0 Å². The summed E-state index contributed by atoms with van der Waals surface area (Å²) in [7, 11) is 1.80. The Balaban J connectivity index is 1.58. The number of likely N-dealkylation sites (N-methyl/N-ethyl adjacent to an activating group) is 1. The molecule has 0 unspecified atom stereocenters. The van der Waals surface area contributed by atoms with Crippen LogP contribution in [0.3, 0.4) is 0 Å². The third-order valence-electron chi connectivity index (χ3n) is 5.50. The third-order valence-corrected chi connectivity index (χ3v) is 5.50. The van der Waals surface area contributed by atoms with Gasteiger partial charge in [0.25, 0.3) is 0 Å². The predicted octanol–water partition coefficient (Wildman–Crippen LogP) is 2.63. The molecule has 29 heavy (non-hydrogen) atoms. The normalized spacial score (nSPS) is 19.0. The van der Waals surface area contributed by atoms with E-state index in [1.165, 1.54) is 0 Å². The van der Waals surface area contributed by atoms with Gasteiger partial charge in [-0.25, -0.2) is 0 Å². The van der Waals surface area contributed by atoms with E-state index in [9.17, 15) is 9.59 Å². The molecule has 0 saturated carbocycles. The average molecular weight is 399 g/mol. The van der Waals surface area contributed by atoms with Crippen LogP contribution in [0.15, 0.2) is 42.7 Å². The van der Waals surface area contributed by atoms with Gasteiger partial charge in [0.05, 0.1) is 6.10 Å². The summed E-state index contributed by atoms with van der Waals surface area (Å²) in [4.78, 5) is 27.8. The van der Waals surface area contributed by atoms with E-state index in [1.807, 2.05) is 24.0 Å².